The Morgan fingerprint density at radius 1 is 0.882 bits per heavy atom. The highest BCUT2D eigenvalue weighted by atomic mass is 79.9. The van der Waals surface area contributed by atoms with Gasteiger partial charge in [-0.25, -0.2) is 0 Å². The highest BCUT2D eigenvalue weighted by Crippen LogP contribution is 2.44. The Morgan fingerprint density at radius 2 is 1.24 bits per heavy atom. The molecule has 0 unspecified atom stereocenters. The molecule has 1 aromatic rings. The topological polar surface area (TPSA) is 0 Å². The monoisotopic (exact) mass is 552 g/mol. The van der Waals surface area contributed by atoms with Crippen molar-refractivity contribution in [3.63, 3.8) is 0 Å². The van der Waals surface area contributed by atoms with Crippen molar-refractivity contribution in [3.8, 4) is 0 Å². The largest absolute Gasteiger partial charge is 0.0957 e. The molecule has 0 atom stereocenters. The summed E-state index contributed by atoms with van der Waals surface area (Å²) in [5.41, 5.74) is 3.86. The van der Waals surface area contributed by atoms with E-state index >= 15 is 0 Å². The van der Waals surface area contributed by atoms with Gasteiger partial charge in [-0.15, -0.1) is 0 Å². The molecule has 96 valence electrons. The van der Waals surface area contributed by atoms with Crippen LogP contribution in [0.3, 0.4) is 0 Å². The van der Waals surface area contributed by atoms with Crippen molar-refractivity contribution in [2.75, 3.05) is 0 Å². The van der Waals surface area contributed by atoms with E-state index in [1.54, 1.807) is 0 Å². The molecule has 0 aliphatic carbocycles. The smallest absolute Gasteiger partial charge is 0.0712 e. The summed E-state index contributed by atoms with van der Waals surface area (Å²) in [7, 11) is 0. The van der Waals surface area contributed by atoms with Crippen LogP contribution in [0.1, 0.15) is 44.9 Å². The molecule has 0 nitrogen and oxygen atoms in total. The second-order valence-electron chi connectivity index (χ2n) is 4.82. The van der Waals surface area contributed by atoms with E-state index in [-0.39, 0.29) is 12.9 Å². The normalized spacial score (nSPS) is 12.6. The molecular formula is C12H13Br5. The van der Waals surface area contributed by atoms with Gasteiger partial charge in [0.2, 0.25) is 0 Å². The van der Waals surface area contributed by atoms with Crippen molar-refractivity contribution < 1.29 is 0 Å². The summed E-state index contributed by atoms with van der Waals surface area (Å²) in [5.74, 6) is 0. The van der Waals surface area contributed by atoms with E-state index in [2.05, 4.69) is 113 Å². The lowest BCUT2D eigenvalue weighted by Gasteiger charge is -2.23. The molecule has 17 heavy (non-hydrogen) atoms. The van der Waals surface area contributed by atoms with Crippen LogP contribution >= 0.6 is 79.6 Å². The minimum atomic E-state index is 0.133. The lowest BCUT2D eigenvalue weighted by molar-refractivity contribution is 0.589. The van der Waals surface area contributed by atoms with E-state index in [4.69, 9.17) is 0 Å². The molecule has 0 bridgehead atoms. The summed E-state index contributed by atoms with van der Waals surface area (Å²) in [6, 6.07) is 4.45. The molecule has 0 saturated heterocycles. The van der Waals surface area contributed by atoms with E-state index in [1.807, 2.05) is 0 Å². The number of rotatable bonds is 2. The Balaban J connectivity index is 3.48. The maximum Gasteiger partial charge on any atom is 0.0957 e. The van der Waals surface area contributed by atoms with Crippen molar-refractivity contribution in [3.05, 3.63) is 33.3 Å². The summed E-state index contributed by atoms with van der Waals surface area (Å²) in [5, 5.41) is 0. The number of benzene rings is 1. The standard InChI is InChI=1S/C12H13Br5/c1-12(2,3)6-4-7(10(14)15)9(13)8(5-6)11(16)17/h4-5,10-11H,1-3H3. The second kappa shape index (κ2) is 6.38. The molecular weight excluding hydrogens is 544 g/mol. The van der Waals surface area contributed by atoms with Crippen LogP contribution in [0.2, 0.25) is 0 Å². The van der Waals surface area contributed by atoms with Crippen LogP contribution in [-0.4, -0.2) is 0 Å². The number of halogens is 5. The number of hydrogen-bond donors (Lipinski definition) is 0. The number of hydrogen-bond acceptors (Lipinski definition) is 0. The fourth-order valence-electron chi connectivity index (χ4n) is 1.42. The van der Waals surface area contributed by atoms with E-state index in [9.17, 15) is 0 Å². The van der Waals surface area contributed by atoms with Crippen molar-refractivity contribution in [1.29, 1.82) is 0 Å². The summed E-state index contributed by atoms with van der Waals surface area (Å²) in [6.45, 7) is 6.66. The molecule has 0 amide bonds. The van der Waals surface area contributed by atoms with Gasteiger partial charge in [-0.2, -0.15) is 0 Å². The first-order valence-electron chi connectivity index (χ1n) is 5.04. The molecule has 5 heteroatoms. The predicted octanol–water partition coefficient (Wildman–Crippen LogP) is 7.32. The molecule has 0 saturated carbocycles. The SMILES string of the molecule is CC(C)(C)c1cc(C(Br)Br)c(Br)c(C(Br)Br)c1. The van der Waals surface area contributed by atoms with Crippen LogP contribution in [0.25, 0.3) is 0 Å². The molecule has 0 heterocycles. The maximum atomic E-state index is 3.66. The maximum absolute atomic E-state index is 3.66. The lowest BCUT2D eigenvalue weighted by atomic mass is 9.85. The van der Waals surface area contributed by atoms with Crippen molar-refractivity contribution in [2.45, 2.75) is 33.7 Å². The molecule has 0 aliphatic heterocycles. The third-order valence-corrected chi connectivity index (χ3v) is 5.35. The fraction of sp³-hybridized carbons (Fsp3) is 0.500. The molecule has 0 fully saturated rings. The van der Waals surface area contributed by atoms with E-state index in [0.29, 0.717) is 0 Å². The average Bonchev–Trinajstić information content (AvgIpc) is 2.14. The Labute approximate surface area is 145 Å². The summed E-state index contributed by atoms with van der Waals surface area (Å²) in [6.07, 6.45) is 0. The van der Waals surface area contributed by atoms with Gasteiger partial charge in [0.25, 0.3) is 0 Å². The fourth-order valence-corrected chi connectivity index (χ4v) is 4.78. The highest BCUT2D eigenvalue weighted by molar-refractivity contribution is 9.24. The first-order valence-corrected chi connectivity index (χ1v) is 9.50. The van der Waals surface area contributed by atoms with E-state index < -0.39 is 0 Å². The summed E-state index contributed by atoms with van der Waals surface area (Å²) < 4.78 is 1.40. The van der Waals surface area contributed by atoms with Gasteiger partial charge in [0, 0.05) is 4.47 Å². The zero-order valence-electron chi connectivity index (χ0n) is 9.70. The van der Waals surface area contributed by atoms with Crippen molar-refractivity contribution in [1.82, 2.24) is 0 Å². The van der Waals surface area contributed by atoms with Gasteiger partial charge in [0.1, 0.15) is 0 Å². The van der Waals surface area contributed by atoms with Crippen molar-refractivity contribution >= 4 is 79.6 Å². The zero-order chi connectivity index (χ0) is 13.4. The van der Waals surface area contributed by atoms with Gasteiger partial charge in [-0.05, 0) is 22.1 Å². The van der Waals surface area contributed by atoms with Gasteiger partial charge in [-0.1, -0.05) is 113 Å². The minimum absolute atomic E-state index is 0.133. The molecule has 0 radical (unpaired) electrons. The first-order chi connectivity index (χ1) is 7.64. The molecule has 1 rings (SSSR count). The Bertz CT molecular complexity index is 375. The van der Waals surface area contributed by atoms with Gasteiger partial charge in [0.05, 0.1) is 7.47 Å². The highest BCUT2D eigenvalue weighted by Gasteiger charge is 2.21. The van der Waals surface area contributed by atoms with Gasteiger partial charge in [-0.3, -0.25) is 0 Å². The van der Waals surface area contributed by atoms with Gasteiger partial charge < -0.3 is 0 Å². The zero-order valence-corrected chi connectivity index (χ0v) is 17.6. The number of alkyl halides is 4. The lowest BCUT2D eigenvalue weighted by Crippen LogP contribution is -2.12. The van der Waals surface area contributed by atoms with Crippen LogP contribution in [0.4, 0.5) is 0 Å². The second-order valence-corrected chi connectivity index (χ2v) is 11.7. The van der Waals surface area contributed by atoms with E-state index in [1.165, 1.54) is 16.7 Å². The molecule has 0 aromatic heterocycles. The van der Waals surface area contributed by atoms with Gasteiger partial charge >= 0.3 is 0 Å². The minimum Gasteiger partial charge on any atom is -0.0712 e. The summed E-state index contributed by atoms with van der Waals surface area (Å²) >= 11 is 18.0. The van der Waals surface area contributed by atoms with Gasteiger partial charge in [0.15, 0.2) is 0 Å². The molecule has 0 spiro atoms. The molecule has 1 aromatic carbocycles. The Morgan fingerprint density at radius 3 is 1.47 bits per heavy atom. The third kappa shape index (κ3) is 4.30. The summed E-state index contributed by atoms with van der Waals surface area (Å²) in [4.78, 5) is 0. The van der Waals surface area contributed by atoms with Crippen LogP contribution < -0.4 is 0 Å². The van der Waals surface area contributed by atoms with Crippen LogP contribution in [0.5, 0.6) is 0 Å². The molecule has 0 aliphatic rings. The van der Waals surface area contributed by atoms with Crippen LogP contribution in [0, 0.1) is 0 Å². The Hall–Kier alpha value is 1.62. The van der Waals surface area contributed by atoms with Crippen LogP contribution in [0.15, 0.2) is 16.6 Å². The quantitative estimate of drug-likeness (QED) is 0.335. The Kier molecular flexibility index (Phi) is 6.26. The predicted molar refractivity (Wildman–Crippen MR) is 94.0 cm³/mol. The average molecular weight is 557 g/mol. The first kappa shape index (κ1) is 16.7. The van der Waals surface area contributed by atoms with E-state index in [0.717, 1.165) is 4.47 Å². The van der Waals surface area contributed by atoms with Crippen LogP contribution in [-0.2, 0) is 5.41 Å². The van der Waals surface area contributed by atoms with Crippen molar-refractivity contribution in [2.24, 2.45) is 0 Å². The molecule has 0 N–H and O–H groups in total. The third-order valence-electron chi connectivity index (χ3n) is 2.47.